The second-order valence-corrected chi connectivity index (χ2v) is 6.85. The molecule has 6 heteroatoms. The first kappa shape index (κ1) is 18.5. The van der Waals surface area contributed by atoms with E-state index in [1.807, 2.05) is 11.0 Å². The molecule has 0 spiro atoms. The number of halogens is 1. The number of rotatable bonds is 7. The molecule has 0 unspecified atom stereocenters. The standard InChI is InChI=1S/C20H26FN3O2/c1-14(5-6-15-7-8-19(26-2)18(25)12-15)23-16-9-11-24(13-16)20-17(21)4-3-10-22-20/h3-4,7-8,10,12,14,16,23,25H,5-6,9,11,13H2,1-2H3/t14-,16-/m0/s1. The number of nitrogens with zero attached hydrogens (tertiary/aromatic N) is 2. The van der Waals surface area contributed by atoms with Gasteiger partial charge < -0.3 is 20.1 Å². The smallest absolute Gasteiger partial charge is 0.165 e. The highest BCUT2D eigenvalue weighted by Gasteiger charge is 2.26. The van der Waals surface area contributed by atoms with Gasteiger partial charge in [-0.1, -0.05) is 6.07 Å². The van der Waals surface area contributed by atoms with Gasteiger partial charge in [0.2, 0.25) is 0 Å². The molecular formula is C20H26FN3O2. The summed E-state index contributed by atoms with van der Waals surface area (Å²) < 4.78 is 18.9. The molecule has 0 radical (unpaired) electrons. The van der Waals surface area contributed by atoms with E-state index in [0.717, 1.165) is 37.9 Å². The summed E-state index contributed by atoms with van der Waals surface area (Å²) in [6.07, 6.45) is 4.44. The van der Waals surface area contributed by atoms with Gasteiger partial charge in [-0.05, 0) is 56.0 Å². The van der Waals surface area contributed by atoms with Gasteiger partial charge in [0.05, 0.1) is 7.11 Å². The zero-order valence-electron chi connectivity index (χ0n) is 15.3. The van der Waals surface area contributed by atoms with Crippen molar-refractivity contribution in [2.75, 3.05) is 25.1 Å². The average Bonchev–Trinajstić information content (AvgIpc) is 3.08. The van der Waals surface area contributed by atoms with Crippen LogP contribution in [0.3, 0.4) is 0 Å². The lowest BCUT2D eigenvalue weighted by Gasteiger charge is -2.21. The molecule has 2 aromatic rings. The van der Waals surface area contributed by atoms with E-state index in [1.165, 1.54) is 6.07 Å². The maximum Gasteiger partial charge on any atom is 0.165 e. The summed E-state index contributed by atoms with van der Waals surface area (Å²) >= 11 is 0. The molecule has 1 aliphatic rings. The van der Waals surface area contributed by atoms with Crippen molar-refractivity contribution in [1.29, 1.82) is 0 Å². The molecule has 0 amide bonds. The van der Waals surface area contributed by atoms with Crippen molar-refractivity contribution in [3.05, 3.63) is 47.9 Å². The number of phenolic OH excluding ortho intramolecular Hbond substituents is 1. The maximum atomic E-state index is 13.9. The van der Waals surface area contributed by atoms with Crippen LogP contribution in [0.5, 0.6) is 11.5 Å². The van der Waals surface area contributed by atoms with Crippen molar-refractivity contribution in [2.45, 2.75) is 38.3 Å². The van der Waals surface area contributed by atoms with Gasteiger partial charge in [-0.3, -0.25) is 0 Å². The number of benzene rings is 1. The summed E-state index contributed by atoms with van der Waals surface area (Å²) in [7, 11) is 1.54. The van der Waals surface area contributed by atoms with E-state index in [4.69, 9.17) is 4.74 Å². The van der Waals surface area contributed by atoms with Crippen LogP contribution in [-0.4, -0.2) is 42.4 Å². The molecule has 1 saturated heterocycles. The molecule has 0 aliphatic carbocycles. The number of pyridine rings is 1. The van der Waals surface area contributed by atoms with E-state index in [1.54, 1.807) is 31.5 Å². The van der Waals surface area contributed by atoms with Crippen molar-refractivity contribution in [1.82, 2.24) is 10.3 Å². The third-order valence-corrected chi connectivity index (χ3v) is 4.86. The normalized spacial score (nSPS) is 18.1. The topological polar surface area (TPSA) is 57.6 Å². The van der Waals surface area contributed by atoms with Crippen molar-refractivity contribution in [2.24, 2.45) is 0 Å². The Morgan fingerprint density at radius 1 is 1.42 bits per heavy atom. The Balaban J connectivity index is 1.48. The second kappa shape index (κ2) is 8.36. The van der Waals surface area contributed by atoms with Gasteiger partial charge in [-0.15, -0.1) is 0 Å². The fraction of sp³-hybridized carbons (Fsp3) is 0.450. The maximum absolute atomic E-state index is 13.9. The molecule has 26 heavy (non-hydrogen) atoms. The van der Waals surface area contributed by atoms with Gasteiger partial charge in [0.25, 0.3) is 0 Å². The molecule has 2 N–H and O–H groups in total. The van der Waals surface area contributed by atoms with Gasteiger partial charge in [-0.25, -0.2) is 9.37 Å². The summed E-state index contributed by atoms with van der Waals surface area (Å²) in [5.74, 6) is 0.848. The Labute approximate surface area is 153 Å². The van der Waals surface area contributed by atoms with Crippen LogP contribution in [0.25, 0.3) is 0 Å². The van der Waals surface area contributed by atoms with Crippen LogP contribution in [0.4, 0.5) is 10.2 Å². The average molecular weight is 359 g/mol. The molecule has 1 aromatic carbocycles. The SMILES string of the molecule is COc1ccc(CC[C@H](C)N[C@H]2CCN(c3ncccc3F)C2)cc1O. The van der Waals surface area contributed by atoms with Gasteiger partial charge >= 0.3 is 0 Å². The number of aryl methyl sites for hydroxylation is 1. The highest BCUT2D eigenvalue weighted by molar-refractivity contribution is 5.42. The molecule has 1 aliphatic heterocycles. The van der Waals surface area contributed by atoms with Crippen LogP contribution in [0.15, 0.2) is 36.5 Å². The Morgan fingerprint density at radius 3 is 3.00 bits per heavy atom. The van der Waals surface area contributed by atoms with Crippen molar-refractivity contribution in [3.63, 3.8) is 0 Å². The van der Waals surface area contributed by atoms with Gasteiger partial charge in [0.1, 0.15) is 0 Å². The van der Waals surface area contributed by atoms with E-state index in [0.29, 0.717) is 23.7 Å². The molecule has 2 heterocycles. The summed E-state index contributed by atoms with van der Waals surface area (Å²) in [5, 5.41) is 13.5. The minimum Gasteiger partial charge on any atom is -0.504 e. The predicted octanol–water partition coefficient (Wildman–Crippen LogP) is 3.12. The van der Waals surface area contributed by atoms with Gasteiger partial charge in [-0.2, -0.15) is 0 Å². The fourth-order valence-electron chi connectivity index (χ4n) is 3.46. The molecular weight excluding hydrogens is 333 g/mol. The zero-order valence-corrected chi connectivity index (χ0v) is 15.3. The van der Waals surface area contributed by atoms with Crippen LogP contribution in [-0.2, 0) is 6.42 Å². The highest BCUT2D eigenvalue weighted by Crippen LogP contribution is 2.27. The minimum atomic E-state index is -0.263. The molecule has 2 atom stereocenters. The highest BCUT2D eigenvalue weighted by atomic mass is 19.1. The lowest BCUT2D eigenvalue weighted by molar-refractivity contribution is 0.373. The van der Waals surface area contributed by atoms with Gasteiger partial charge in [0.15, 0.2) is 23.1 Å². The van der Waals surface area contributed by atoms with Crippen molar-refractivity contribution < 1.29 is 14.2 Å². The van der Waals surface area contributed by atoms with Crippen LogP contribution >= 0.6 is 0 Å². The first-order valence-electron chi connectivity index (χ1n) is 9.04. The number of methoxy groups -OCH3 is 1. The third kappa shape index (κ3) is 4.43. The molecule has 5 nitrogen and oxygen atoms in total. The van der Waals surface area contributed by atoms with Crippen molar-refractivity contribution >= 4 is 5.82 Å². The predicted molar refractivity (Wildman–Crippen MR) is 100 cm³/mol. The zero-order chi connectivity index (χ0) is 18.5. The Hall–Kier alpha value is -2.34. The number of nitrogens with one attached hydrogen (secondary N) is 1. The molecule has 140 valence electrons. The number of anilines is 1. The van der Waals surface area contributed by atoms with E-state index in [2.05, 4.69) is 17.2 Å². The number of aromatic nitrogens is 1. The Kier molecular flexibility index (Phi) is 5.93. The first-order chi connectivity index (χ1) is 12.6. The van der Waals surface area contributed by atoms with Crippen molar-refractivity contribution in [3.8, 4) is 11.5 Å². The number of ether oxygens (including phenoxy) is 1. The molecule has 0 bridgehead atoms. The van der Waals surface area contributed by atoms with Gasteiger partial charge in [0, 0.05) is 31.4 Å². The van der Waals surface area contributed by atoms with Crippen LogP contribution in [0, 0.1) is 5.82 Å². The second-order valence-electron chi connectivity index (χ2n) is 6.85. The Bertz CT molecular complexity index is 741. The minimum absolute atomic E-state index is 0.175. The quantitative estimate of drug-likeness (QED) is 0.795. The monoisotopic (exact) mass is 359 g/mol. The van der Waals surface area contributed by atoms with E-state index in [9.17, 15) is 9.50 Å². The number of phenols is 1. The number of aromatic hydroxyl groups is 1. The lowest BCUT2D eigenvalue weighted by atomic mass is 10.0. The summed E-state index contributed by atoms with van der Waals surface area (Å²) in [4.78, 5) is 6.16. The number of hydrogen-bond acceptors (Lipinski definition) is 5. The largest absolute Gasteiger partial charge is 0.504 e. The first-order valence-corrected chi connectivity index (χ1v) is 9.04. The van der Waals surface area contributed by atoms with Crippen LogP contribution in [0.1, 0.15) is 25.3 Å². The lowest BCUT2D eigenvalue weighted by Crippen LogP contribution is -2.39. The van der Waals surface area contributed by atoms with Crippen LogP contribution in [0.2, 0.25) is 0 Å². The summed E-state index contributed by atoms with van der Waals surface area (Å²) in [6, 6.07) is 9.26. The van der Waals surface area contributed by atoms with E-state index < -0.39 is 0 Å². The molecule has 3 rings (SSSR count). The molecule has 1 fully saturated rings. The number of hydrogen-bond donors (Lipinski definition) is 2. The Morgan fingerprint density at radius 2 is 2.27 bits per heavy atom. The van der Waals surface area contributed by atoms with E-state index in [-0.39, 0.29) is 11.6 Å². The molecule has 1 aromatic heterocycles. The summed E-state index contributed by atoms with van der Waals surface area (Å²) in [5.41, 5.74) is 1.08. The van der Waals surface area contributed by atoms with E-state index >= 15 is 0 Å². The summed E-state index contributed by atoms with van der Waals surface area (Å²) in [6.45, 7) is 3.74. The molecule has 0 saturated carbocycles. The fourth-order valence-corrected chi connectivity index (χ4v) is 3.46. The third-order valence-electron chi connectivity index (χ3n) is 4.86. The van der Waals surface area contributed by atoms with Crippen LogP contribution < -0.4 is 15.0 Å².